The van der Waals surface area contributed by atoms with E-state index in [0.29, 0.717) is 12.5 Å². The highest BCUT2D eigenvalue weighted by Gasteiger charge is 2.07. The SMILES string of the molecule is COC(=O)c1ccnc(NCc2ccccc2)n1. The zero-order valence-corrected chi connectivity index (χ0v) is 9.96. The monoisotopic (exact) mass is 243 g/mol. The van der Waals surface area contributed by atoms with Gasteiger partial charge in [0.1, 0.15) is 0 Å². The first kappa shape index (κ1) is 12.0. The van der Waals surface area contributed by atoms with Crippen molar-refractivity contribution in [1.29, 1.82) is 0 Å². The van der Waals surface area contributed by atoms with Crippen molar-refractivity contribution in [3.05, 3.63) is 53.9 Å². The van der Waals surface area contributed by atoms with Gasteiger partial charge in [-0.25, -0.2) is 14.8 Å². The van der Waals surface area contributed by atoms with Gasteiger partial charge in [-0.3, -0.25) is 0 Å². The van der Waals surface area contributed by atoms with Gasteiger partial charge in [-0.05, 0) is 11.6 Å². The van der Waals surface area contributed by atoms with E-state index in [2.05, 4.69) is 20.0 Å². The van der Waals surface area contributed by atoms with Crippen LogP contribution in [0.1, 0.15) is 16.1 Å². The molecule has 1 aromatic carbocycles. The number of nitrogens with zero attached hydrogens (tertiary/aromatic N) is 2. The number of carbonyl (C=O) groups is 1. The van der Waals surface area contributed by atoms with Gasteiger partial charge in [-0.15, -0.1) is 0 Å². The summed E-state index contributed by atoms with van der Waals surface area (Å²) in [5, 5.41) is 3.05. The number of rotatable bonds is 4. The summed E-state index contributed by atoms with van der Waals surface area (Å²) in [6, 6.07) is 11.4. The molecule has 0 fully saturated rings. The Balaban J connectivity index is 2.04. The van der Waals surface area contributed by atoms with Crippen LogP contribution in [0.5, 0.6) is 0 Å². The van der Waals surface area contributed by atoms with E-state index < -0.39 is 5.97 Å². The van der Waals surface area contributed by atoms with Gasteiger partial charge in [-0.2, -0.15) is 0 Å². The van der Waals surface area contributed by atoms with Crippen molar-refractivity contribution in [1.82, 2.24) is 9.97 Å². The minimum Gasteiger partial charge on any atom is -0.464 e. The van der Waals surface area contributed by atoms with Crippen molar-refractivity contribution in [2.24, 2.45) is 0 Å². The fraction of sp³-hybridized carbons (Fsp3) is 0.154. The Labute approximate surface area is 105 Å². The Bertz CT molecular complexity index is 529. The number of benzene rings is 1. The number of hydrogen-bond acceptors (Lipinski definition) is 5. The second-order valence-corrected chi connectivity index (χ2v) is 3.60. The van der Waals surface area contributed by atoms with Gasteiger partial charge in [0.15, 0.2) is 5.69 Å². The van der Waals surface area contributed by atoms with Gasteiger partial charge in [0.05, 0.1) is 7.11 Å². The van der Waals surface area contributed by atoms with Crippen LogP contribution in [0.3, 0.4) is 0 Å². The van der Waals surface area contributed by atoms with Crippen LogP contribution in [-0.2, 0) is 11.3 Å². The molecule has 1 aromatic heterocycles. The van der Waals surface area contributed by atoms with Crippen LogP contribution in [0, 0.1) is 0 Å². The van der Waals surface area contributed by atoms with E-state index in [1.807, 2.05) is 30.3 Å². The van der Waals surface area contributed by atoms with Crippen LogP contribution in [0.15, 0.2) is 42.6 Å². The van der Waals surface area contributed by atoms with E-state index in [-0.39, 0.29) is 5.69 Å². The third-order valence-electron chi connectivity index (χ3n) is 2.34. The summed E-state index contributed by atoms with van der Waals surface area (Å²) in [7, 11) is 1.32. The maximum absolute atomic E-state index is 11.3. The van der Waals surface area contributed by atoms with Crippen molar-refractivity contribution in [2.45, 2.75) is 6.54 Å². The first-order valence-corrected chi connectivity index (χ1v) is 5.49. The molecule has 1 heterocycles. The topological polar surface area (TPSA) is 64.1 Å². The molecule has 0 saturated heterocycles. The van der Waals surface area contributed by atoms with Crippen LogP contribution in [0.2, 0.25) is 0 Å². The van der Waals surface area contributed by atoms with E-state index in [4.69, 9.17) is 0 Å². The molecule has 0 aliphatic carbocycles. The number of methoxy groups -OCH3 is 1. The second kappa shape index (κ2) is 5.77. The molecule has 0 bridgehead atoms. The van der Waals surface area contributed by atoms with Crippen molar-refractivity contribution in [3.8, 4) is 0 Å². The molecule has 0 saturated carbocycles. The van der Waals surface area contributed by atoms with Gasteiger partial charge in [0, 0.05) is 12.7 Å². The van der Waals surface area contributed by atoms with Gasteiger partial charge in [0.25, 0.3) is 0 Å². The maximum atomic E-state index is 11.3. The number of aromatic nitrogens is 2. The number of carbonyl (C=O) groups excluding carboxylic acids is 1. The minimum atomic E-state index is -0.472. The molecule has 0 unspecified atom stereocenters. The molecule has 0 atom stereocenters. The molecule has 2 aromatic rings. The fourth-order valence-electron chi connectivity index (χ4n) is 1.44. The summed E-state index contributed by atoms with van der Waals surface area (Å²) in [6.45, 7) is 0.603. The first-order chi connectivity index (χ1) is 8.79. The molecule has 18 heavy (non-hydrogen) atoms. The highest BCUT2D eigenvalue weighted by Crippen LogP contribution is 2.05. The highest BCUT2D eigenvalue weighted by molar-refractivity contribution is 5.87. The van der Waals surface area contributed by atoms with Crippen LogP contribution >= 0.6 is 0 Å². The van der Waals surface area contributed by atoms with Gasteiger partial charge in [-0.1, -0.05) is 30.3 Å². The largest absolute Gasteiger partial charge is 0.464 e. The molecule has 1 N–H and O–H groups in total. The summed E-state index contributed by atoms with van der Waals surface area (Å²) in [5.41, 5.74) is 1.35. The average Bonchev–Trinajstić information content (AvgIpc) is 2.45. The maximum Gasteiger partial charge on any atom is 0.356 e. The van der Waals surface area contributed by atoms with E-state index in [9.17, 15) is 4.79 Å². The minimum absolute atomic E-state index is 0.239. The highest BCUT2D eigenvalue weighted by atomic mass is 16.5. The zero-order valence-electron chi connectivity index (χ0n) is 9.96. The van der Waals surface area contributed by atoms with Crippen LogP contribution in [0.25, 0.3) is 0 Å². The molecule has 2 rings (SSSR count). The standard InChI is InChI=1S/C13H13N3O2/c1-18-12(17)11-7-8-14-13(16-11)15-9-10-5-3-2-4-6-10/h2-8H,9H2,1H3,(H,14,15,16). The lowest BCUT2D eigenvalue weighted by atomic mass is 10.2. The lowest BCUT2D eigenvalue weighted by Gasteiger charge is -2.05. The van der Waals surface area contributed by atoms with E-state index in [1.54, 1.807) is 0 Å². The lowest BCUT2D eigenvalue weighted by Crippen LogP contribution is -2.09. The number of ether oxygens (including phenoxy) is 1. The van der Waals surface area contributed by atoms with E-state index in [0.717, 1.165) is 5.56 Å². The predicted octanol–water partition coefficient (Wildman–Crippen LogP) is 1.88. The molecule has 0 amide bonds. The molecule has 0 radical (unpaired) electrons. The van der Waals surface area contributed by atoms with Crippen molar-refractivity contribution >= 4 is 11.9 Å². The zero-order chi connectivity index (χ0) is 12.8. The first-order valence-electron chi connectivity index (χ1n) is 5.49. The molecule has 0 aliphatic heterocycles. The van der Waals surface area contributed by atoms with Crippen LogP contribution < -0.4 is 5.32 Å². The van der Waals surface area contributed by atoms with Crippen LogP contribution in [0.4, 0.5) is 5.95 Å². The normalized spacial score (nSPS) is 9.83. The number of esters is 1. The molecule has 92 valence electrons. The molecular formula is C13H13N3O2. The Morgan fingerprint density at radius 2 is 2.06 bits per heavy atom. The number of nitrogens with one attached hydrogen (secondary N) is 1. The Morgan fingerprint density at radius 1 is 1.28 bits per heavy atom. The van der Waals surface area contributed by atoms with Gasteiger partial charge >= 0.3 is 5.97 Å². The lowest BCUT2D eigenvalue weighted by molar-refractivity contribution is 0.0594. The third kappa shape index (κ3) is 3.04. The Hall–Kier alpha value is -2.43. The summed E-state index contributed by atoms with van der Waals surface area (Å²) in [6.07, 6.45) is 1.52. The fourth-order valence-corrected chi connectivity index (χ4v) is 1.44. The summed E-state index contributed by atoms with van der Waals surface area (Å²) in [4.78, 5) is 19.4. The number of hydrogen-bond donors (Lipinski definition) is 1. The molecule has 0 spiro atoms. The Kier molecular flexibility index (Phi) is 3.86. The van der Waals surface area contributed by atoms with Crippen LogP contribution in [-0.4, -0.2) is 23.0 Å². The van der Waals surface area contributed by atoms with E-state index >= 15 is 0 Å². The summed E-state index contributed by atoms with van der Waals surface area (Å²) >= 11 is 0. The predicted molar refractivity (Wildman–Crippen MR) is 67.1 cm³/mol. The average molecular weight is 243 g/mol. The van der Waals surface area contributed by atoms with Gasteiger partial charge in [0.2, 0.25) is 5.95 Å². The summed E-state index contributed by atoms with van der Waals surface area (Å²) < 4.78 is 4.60. The third-order valence-corrected chi connectivity index (χ3v) is 2.34. The quantitative estimate of drug-likeness (QED) is 0.830. The van der Waals surface area contributed by atoms with Crippen molar-refractivity contribution in [3.63, 3.8) is 0 Å². The molecular weight excluding hydrogens is 230 g/mol. The second-order valence-electron chi connectivity index (χ2n) is 3.60. The smallest absolute Gasteiger partial charge is 0.356 e. The van der Waals surface area contributed by atoms with Crippen molar-refractivity contribution in [2.75, 3.05) is 12.4 Å². The molecule has 0 aliphatic rings. The molecule has 5 nitrogen and oxygen atoms in total. The van der Waals surface area contributed by atoms with Gasteiger partial charge < -0.3 is 10.1 Å². The van der Waals surface area contributed by atoms with E-state index in [1.165, 1.54) is 19.4 Å². The summed E-state index contributed by atoms with van der Waals surface area (Å²) in [5.74, 6) is -0.0677. The Morgan fingerprint density at radius 3 is 2.78 bits per heavy atom. The van der Waals surface area contributed by atoms with Crippen molar-refractivity contribution < 1.29 is 9.53 Å². The molecule has 5 heteroatoms. The number of anilines is 1.